The normalized spacial score (nSPS) is 12.4. The van der Waals surface area contributed by atoms with Crippen molar-refractivity contribution in [3.8, 4) is 5.75 Å². The molecule has 1 atom stereocenters. The van der Waals surface area contributed by atoms with Gasteiger partial charge < -0.3 is 10.1 Å². The van der Waals surface area contributed by atoms with Gasteiger partial charge in [0.2, 0.25) is 0 Å². The minimum atomic E-state index is 0.293. The van der Waals surface area contributed by atoms with Gasteiger partial charge in [-0.25, -0.2) is 0 Å². The van der Waals surface area contributed by atoms with Crippen LogP contribution in [0.4, 0.5) is 0 Å². The maximum absolute atomic E-state index is 6.03. The van der Waals surface area contributed by atoms with E-state index in [0.29, 0.717) is 12.6 Å². The van der Waals surface area contributed by atoms with Gasteiger partial charge in [0.25, 0.3) is 0 Å². The summed E-state index contributed by atoms with van der Waals surface area (Å²) < 4.78 is 7.15. The highest BCUT2D eigenvalue weighted by Gasteiger charge is 2.12. The number of nitrogens with one attached hydrogen (secondary N) is 1. The van der Waals surface area contributed by atoms with Crippen molar-refractivity contribution in [2.75, 3.05) is 6.54 Å². The lowest BCUT2D eigenvalue weighted by Crippen LogP contribution is -2.18. The number of ether oxygens (including phenoxy) is 1. The van der Waals surface area contributed by atoms with Crippen molar-refractivity contribution >= 4 is 27.3 Å². The molecule has 0 amide bonds. The zero-order valence-corrected chi connectivity index (χ0v) is 14.5. The van der Waals surface area contributed by atoms with E-state index in [2.05, 4.69) is 71.7 Å². The predicted molar refractivity (Wildman–Crippen MR) is 89.6 cm³/mol. The Balaban J connectivity index is 2.16. The molecule has 0 radical (unpaired) electrons. The second-order valence-corrected chi connectivity index (χ2v) is 6.66. The van der Waals surface area contributed by atoms with Crippen molar-refractivity contribution in [1.29, 1.82) is 0 Å². The van der Waals surface area contributed by atoms with E-state index in [1.165, 1.54) is 16.0 Å². The maximum Gasteiger partial charge on any atom is 0.124 e. The average Bonchev–Trinajstić information content (AvgIpc) is 2.83. The first-order valence-corrected chi connectivity index (χ1v) is 8.47. The zero-order chi connectivity index (χ0) is 14.5. The van der Waals surface area contributed by atoms with E-state index in [9.17, 15) is 0 Å². The first kappa shape index (κ1) is 15.5. The van der Waals surface area contributed by atoms with Crippen LogP contribution >= 0.6 is 27.3 Å². The Morgan fingerprint density at radius 3 is 2.80 bits per heavy atom. The third-order valence-electron chi connectivity index (χ3n) is 3.19. The molecule has 0 saturated heterocycles. The number of hydrogen-bond acceptors (Lipinski definition) is 3. The molecule has 2 rings (SSSR count). The van der Waals surface area contributed by atoms with Gasteiger partial charge in [0.1, 0.15) is 12.4 Å². The average molecular weight is 354 g/mol. The van der Waals surface area contributed by atoms with E-state index < -0.39 is 0 Å². The molecule has 1 aromatic carbocycles. The fourth-order valence-electron chi connectivity index (χ4n) is 2.13. The van der Waals surface area contributed by atoms with Crippen LogP contribution in [0.2, 0.25) is 0 Å². The Labute approximate surface area is 133 Å². The quantitative estimate of drug-likeness (QED) is 0.782. The molecule has 0 aliphatic rings. The fourth-order valence-corrected chi connectivity index (χ4v) is 3.50. The van der Waals surface area contributed by atoms with Crippen LogP contribution in [0, 0.1) is 6.92 Å². The fraction of sp³-hybridized carbons (Fsp3) is 0.375. The molecule has 4 heteroatoms. The summed E-state index contributed by atoms with van der Waals surface area (Å²) in [5.41, 5.74) is 2.48. The predicted octanol–water partition coefficient (Wildman–Crippen LogP) is 5.07. The van der Waals surface area contributed by atoms with Crippen LogP contribution in [0.15, 0.2) is 34.1 Å². The van der Waals surface area contributed by atoms with Gasteiger partial charge >= 0.3 is 0 Å². The minimum absolute atomic E-state index is 0.293. The van der Waals surface area contributed by atoms with Gasteiger partial charge in [-0.3, -0.25) is 0 Å². The van der Waals surface area contributed by atoms with Crippen molar-refractivity contribution in [2.45, 2.75) is 33.4 Å². The molecule has 1 heterocycles. The molecule has 2 aromatic rings. The van der Waals surface area contributed by atoms with Crippen molar-refractivity contribution in [3.63, 3.8) is 0 Å². The summed E-state index contributed by atoms with van der Waals surface area (Å²) in [6.07, 6.45) is 0. The number of rotatable bonds is 6. The second-order valence-electron chi connectivity index (χ2n) is 4.80. The number of benzene rings is 1. The van der Waals surface area contributed by atoms with Gasteiger partial charge in [-0.05, 0) is 53.8 Å². The van der Waals surface area contributed by atoms with Crippen LogP contribution in [0.25, 0.3) is 0 Å². The molecule has 0 aliphatic heterocycles. The Bertz CT molecular complexity index is 567. The van der Waals surface area contributed by atoms with Crippen LogP contribution in [0.3, 0.4) is 0 Å². The standard InChI is InChI=1S/C16H20BrNOS/c1-4-18-12(3)13-9-11(2)5-6-15(13)19-10-16-14(17)7-8-20-16/h5-9,12,18H,4,10H2,1-3H3. The van der Waals surface area contributed by atoms with Gasteiger partial charge in [-0.1, -0.05) is 24.6 Å². The topological polar surface area (TPSA) is 21.3 Å². The molecular formula is C16H20BrNOS. The number of halogens is 1. The largest absolute Gasteiger partial charge is 0.488 e. The molecule has 0 bridgehead atoms. The van der Waals surface area contributed by atoms with Gasteiger partial charge in [0.05, 0.1) is 4.88 Å². The lowest BCUT2D eigenvalue weighted by molar-refractivity contribution is 0.302. The Morgan fingerprint density at radius 1 is 1.35 bits per heavy atom. The van der Waals surface area contributed by atoms with E-state index in [-0.39, 0.29) is 0 Å². The van der Waals surface area contributed by atoms with Crippen LogP contribution in [0.1, 0.15) is 35.9 Å². The number of hydrogen-bond donors (Lipinski definition) is 1. The molecule has 0 fully saturated rings. The minimum Gasteiger partial charge on any atom is -0.488 e. The molecule has 0 saturated carbocycles. The van der Waals surface area contributed by atoms with Gasteiger partial charge in [0, 0.05) is 16.1 Å². The summed E-state index contributed by atoms with van der Waals surface area (Å²) in [7, 11) is 0. The van der Waals surface area contributed by atoms with Crippen molar-refractivity contribution in [1.82, 2.24) is 5.32 Å². The van der Waals surface area contributed by atoms with Gasteiger partial charge in [0.15, 0.2) is 0 Å². The molecule has 108 valence electrons. The first-order chi connectivity index (χ1) is 9.61. The Morgan fingerprint density at radius 2 is 2.15 bits per heavy atom. The molecule has 1 aromatic heterocycles. The summed E-state index contributed by atoms with van der Waals surface area (Å²) in [6, 6.07) is 8.72. The SMILES string of the molecule is CCNC(C)c1cc(C)ccc1OCc1sccc1Br. The highest BCUT2D eigenvalue weighted by molar-refractivity contribution is 9.10. The second kappa shape index (κ2) is 7.25. The van der Waals surface area contributed by atoms with E-state index >= 15 is 0 Å². The summed E-state index contributed by atoms with van der Waals surface area (Å²) in [5, 5.41) is 5.52. The van der Waals surface area contributed by atoms with E-state index in [1.807, 2.05) is 0 Å². The first-order valence-electron chi connectivity index (χ1n) is 6.80. The third-order valence-corrected chi connectivity index (χ3v) is 5.09. The molecule has 1 N–H and O–H groups in total. The van der Waals surface area contributed by atoms with Crippen molar-refractivity contribution in [3.05, 3.63) is 50.1 Å². The van der Waals surface area contributed by atoms with Crippen molar-refractivity contribution < 1.29 is 4.74 Å². The monoisotopic (exact) mass is 353 g/mol. The Hall–Kier alpha value is -0.840. The molecule has 0 spiro atoms. The van der Waals surface area contributed by atoms with Crippen molar-refractivity contribution in [2.24, 2.45) is 0 Å². The highest BCUT2D eigenvalue weighted by Crippen LogP contribution is 2.29. The summed E-state index contributed by atoms with van der Waals surface area (Å²) >= 11 is 5.25. The lowest BCUT2D eigenvalue weighted by Gasteiger charge is -2.18. The van der Waals surface area contributed by atoms with Gasteiger partial charge in [-0.15, -0.1) is 11.3 Å². The smallest absolute Gasteiger partial charge is 0.124 e. The van der Waals surface area contributed by atoms with E-state index in [0.717, 1.165) is 16.8 Å². The summed E-state index contributed by atoms with van der Waals surface area (Å²) in [5.74, 6) is 0.962. The summed E-state index contributed by atoms with van der Waals surface area (Å²) in [6.45, 7) is 7.96. The third kappa shape index (κ3) is 3.84. The highest BCUT2D eigenvalue weighted by atomic mass is 79.9. The molecule has 2 nitrogen and oxygen atoms in total. The molecule has 0 aliphatic carbocycles. The Kier molecular flexibility index (Phi) is 5.64. The lowest BCUT2D eigenvalue weighted by atomic mass is 10.0. The number of thiophene rings is 1. The van der Waals surface area contributed by atoms with Crippen LogP contribution in [-0.4, -0.2) is 6.54 Å². The van der Waals surface area contributed by atoms with E-state index in [4.69, 9.17) is 4.74 Å². The van der Waals surface area contributed by atoms with Gasteiger partial charge in [-0.2, -0.15) is 0 Å². The maximum atomic E-state index is 6.03. The zero-order valence-electron chi connectivity index (χ0n) is 12.1. The van der Waals surface area contributed by atoms with E-state index in [1.54, 1.807) is 11.3 Å². The van der Waals surface area contributed by atoms with Crippen LogP contribution in [-0.2, 0) is 6.61 Å². The molecule has 20 heavy (non-hydrogen) atoms. The van der Waals surface area contributed by atoms with Crippen LogP contribution < -0.4 is 10.1 Å². The molecular weight excluding hydrogens is 334 g/mol. The number of aryl methyl sites for hydroxylation is 1. The summed E-state index contributed by atoms with van der Waals surface area (Å²) in [4.78, 5) is 1.22. The molecule has 1 unspecified atom stereocenters. The van der Waals surface area contributed by atoms with Crippen LogP contribution in [0.5, 0.6) is 5.75 Å².